The summed E-state index contributed by atoms with van der Waals surface area (Å²) in [5.41, 5.74) is 1.02. The summed E-state index contributed by atoms with van der Waals surface area (Å²) in [7, 11) is 0. The van der Waals surface area contributed by atoms with Crippen LogP contribution in [-0.2, 0) is 4.74 Å². The third kappa shape index (κ3) is 2.66. The molecule has 0 radical (unpaired) electrons. The van der Waals surface area contributed by atoms with Crippen molar-refractivity contribution < 1.29 is 4.74 Å². The average molecular weight is 201 g/mol. The molecule has 0 amide bonds. The first kappa shape index (κ1) is 10.4. The van der Waals surface area contributed by atoms with Gasteiger partial charge in [0.2, 0.25) is 0 Å². The highest BCUT2D eigenvalue weighted by Gasteiger charge is 2.15. The zero-order valence-corrected chi connectivity index (χ0v) is 8.09. The van der Waals surface area contributed by atoms with Crippen molar-refractivity contribution in [3.05, 3.63) is 30.1 Å². The third-order valence-electron chi connectivity index (χ3n) is 1.95. The molecule has 1 unspecified atom stereocenters. The maximum absolute atomic E-state index is 5.54. The van der Waals surface area contributed by atoms with Crippen LogP contribution in [0.1, 0.15) is 11.8 Å². The summed E-state index contributed by atoms with van der Waals surface area (Å²) in [6.07, 6.45) is 1.94. The summed E-state index contributed by atoms with van der Waals surface area (Å²) in [5.74, 6) is 0. The van der Waals surface area contributed by atoms with Gasteiger partial charge in [0.1, 0.15) is 6.10 Å². The number of halogens is 1. The molecule has 1 aromatic heterocycles. The number of pyridine rings is 1. The molecule has 0 bridgehead atoms. The fourth-order valence-corrected chi connectivity index (χ4v) is 1.32. The van der Waals surface area contributed by atoms with Gasteiger partial charge in [-0.15, -0.1) is 12.4 Å². The van der Waals surface area contributed by atoms with Gasteiger partial charge in [0.15, 0.2) is 0 Å². The Balaban J connectivity index is 0.000000845. The molecule has 0 saturated carbocycles. The number of nitrogens with one attached hydrogen (secondary N) is 1. The first-order valence-corrected chi connectivity index (χ1v) is 4.20. The summed E-state index contributed by atoms with van der Waals surface area (Å²) in [5, 5.41) is 3.27. The largest absolute Gasteiger partial charge is 0.369 e. The second-order valence-electron chi connectivity index (χ2n) is 2.82. The van der Waals surface area contributed by atoms with Crippen LogP contribution in [0.3, 0.4) is 0 Å². The molecule has 1 fully saturated rings. The molecule has 1 N–H and O–H groups in total. The zero-order valence-electron chi connectivity index (χ0n) is 7.27. The lowest BCUT2D eigenvalue weighted by molar-refractivity contribution is 0.0250. The summed E-state index contributed by atoms with van der Waals surface area (Å²) in [4.78, 5) is 4.24. The van der Waals surface area contributed by atoms with E-state index >= 15 is 0 Å². The molecule has 0 aromatic carbocycles. The van der Waals surface area contributed by atoms with Crippen molar-refractivity contribution in [2.75, 3.05) is 19.7 Å². The van der Waals surface area contributed by atoms with Gasteiger partial charge in [0.25, 0.3) is 0 Å². The fraction of sp³-hybridized carbons (Fsp3) is 0.444. The molecule has 72 valence electrons. The smallest absolute Gasteiger partial charge is 0.112 e. The van der Waals surface area contributed by atoms with Crippen molar-refractivity contribution in [3.63, 3.8) is 0 Å². The predicted octanol–water partition coefficient (Wildman–Crippen LogP) is 1.16. The van der Waals surface area contributed by atoms with Gasteiger partial charge in [-0.25, -0.2) is 0 Å². The first-order chi connectivity index (χ1) is 5.97. The van der Waals surface area contributed by atoms with Gasteiger partial charge < -0.3 is 10.1 Å². The number of rotatable bonds is 1. The Bertz CT molecular complexity index is 237. The molecular formula is C9H13ClN2O. The van der Waals surface area contributed by atoms with E-state index in [1.807, 2.05) is 18.2 Å². The van der Waals surface area contributed by atoms with Crippen LogP contribution in [0.15, 0.2) is 24.4 Å². The highest BCUT2D eigenvalue weighted by Crippen LogP contribution is 2.14. The van der Waals surface area contributed by atoms with E-state index < -0.39 is 0 Å². The van der Waals surface area contributed by atoms with Gasteiger partial charge in [-0.05, 0) is 12.1 Å². The van der Waals surface area contributed by atoms with Crippen LogP contribution in [0, 0.1) is 0 Å². The second kappa shape index (κ2) is 5.17. The minimum atomic E-state index is 0. The van der Waals surface area contributed by atoms with E-state index in [0.717, 1.165) is 25.4 Å². The molecular weight excluding hydrogens is 188 g/mol. The molecule has 2 heterocycles. The van der Waals surface area contributed by atoms with Crippen molar-refractivity contribution in [1.29, 1.82) is 0 Å². The fourth-order valence-electron chi connectivity index (χ4n) is 1.32. The third-order valence-corrected chi connectivity index (χ3v) is 1.95. The van der Waals surface area contributed by atoms with Gasteiger partial charge in [-0.2, -0.15) is 0 Å². The van der Waals surface area contributed by atoms with Gasteiger partial charge in [0.05, 0.1) is 12.3 Å². The van der Waals surface area contributed by atoms with Gasteiger partial charge in [-0.1, -0.05) is 6.07 Å². The molecule has 1 saturated heterocycles. The molecule has 4 heteroatoms. The first-order valence-electron chi connectivity index (χ1n) is 4.20. The van der Waals surface area contributed by atoms with Crippen LogP contribution in [-0.4, -0.2) is 24.7 Å². The molecule has 0 spiro atoms. The molecule has 13 heavy (non-hydrogen) atoms. The maximum Gasteiger partial charge on any atom is 0.112 e. The topological polar surface area (TPSA) is 34.1 Å². The second-order valence-corrected chi connectivity index (χ2v) is 2.82. The van der Waals surface area contributed by atoms with Crippen LogP contribution >= 0.6 is 12.4 Å². The SMILES string of the molecule is Cl.c1ccc(C2CNCCO2)nc1. The van der Waals surface area contributed by atoms with E-state index in [0.29, 0.717) is 0 Å². The van der Waals surface area contributed by atoms with Crippen LogP contribution < -0.4 is 5.32 Å². The van der Waals surface area contributed by atoms with Gasteiger partial charge in [-0.3, -0.25) is 4.98 Å². The van der Waals surface area contributed by atoms with Crippen molar-refractivity contribution in [1.82, 2.24) is 10.3 Å². The molecule has 1 aliphatic rings. The lowest BCUT2D eigenvalue weighted by atomic mass is 10.2. The summed E-state index contributed by atoms with van der Waals surface area (Å²) < 4.78 is 5.54. The monoisotopic (exact) mass is 200 g/mol. The van der Waals surface area contributed by atoms with E-state index in [2.05, 4.69) is 10.3 Å². The van der Waals surface area contributed by atoms with Gasteiger partial charge in [0, 0.05) is 19.3 Å². The molecule has 3 nitrogen and oxygen atoms in total. The Hall–Kier alpha value is -0.640. The average Bonchev–Trinajstić information content (AvgIpc) is 2.21. The van der Waals surface area contributed by atoms with Crippen LogP contribution in [0.4, 0.5) is 0 Å². The molecule has 0 aliphatic carbocycles. The molecule has 1 aliphatic heterocycles. The van der Waals surface area contributed by atoms with Crippen molar-refractivity contribution in [3.8, 4) is 0 Å². The Labute approximate surface area is 83.9 Å². The number of hydrogen-bond donors (Lipinski definition) is 1. The lowest BCUT2D eigenvalue weighted by Crippen LogP contribution is -2.33. The Morgan fingerprint density at radius 2 is 2.38 bits per heavy atom. The maximum atomic E-state index is 5.54. The van der Waals surface area contributed by atoms with E-state index in [1.54, 1.807) is 6.20 Å². The predicted molar refractivity (Wildman–Crippen MR) is 53.0 cm³/mol. The number of nitrogens with zero attached hydrogens (tertiary/aromatic N) is 1. The molecule has 2 rings (SSSR count). The van der Waals surface area contributed by atoms with Crippen molar-refractivity contribution in [2.45, 2.75) is 6.10 Å². The summed E-state index contributed by atoms with van der Waals surface area (Å²) in [6.45, 7) is 2.60. The van der Waals surface area contributed by atoms with E-state index in [4.69, 9.17) is 4.74 Å². The number of aromatic nitrogens is 1. The molecule has 1 aromatic rings. The number of ether oxygens (including phenoxy) is 1. The van der Waals surface area contributed by atoms with E-state index in [-0.39, 0.29) is 18.5 Å². The van der Waals surface area contributed by atoms with E-state index in [1.165, 1.54) is 0 Å². The van der Waals surface area contributed by atoms with Crippen LogP contribution in [0.5, 0.6) is 0 Å². The minimum Gasteiger partial charge on any atom is -0.369 e. The zero-order chi connectivity index (χ0) is 8.23. The Morgan fingerprint density at radius 3 is 3.00 bits per heavy atom. The number of morpholine rings is 1. The van der Waals surface area contributed by atoms with Crippen LogP contribution in [0.2, 0.25) is 0 Å². The highest BCUT2D eigenvalue weighted by molar-refractivity contribution is 5.85. The molecule has 1 atom stereocenters. The Kier molecular flexibility index (Phi) is 4.15. The standard InChI is InChI=1S/C9H12N2O.ClH/c1-2-4-11-8(3-1)9-7-10-5-6-12-9;/h1-4,9-10H,5-7H2;1H. The normalized spacial score (nSPS) is 22.0. The van der Waals surface area contributed by atoms with Crippen molar-refractivity contribution >= 4 is 12.4 Å². The minimum absolute atomic E-state index is 0. The lowest BCUT2D eigenvalue weighted by Gasteiger charge is -2.22. The van der Waals surface area contributed by atoms with Crippen LogP contribution in [0.25, 0.3) is 0 Å². The highest BCUT2D eigenvalue weighted by atomic mass is 35.5. The van der Waals surface area contributed by atoms with Crippen molar-refractivity contribution in [2.24, 2.45) is 0 Å². The Morgan fingerprint density at radius 1 is 1.46 bits per heavy atom. The quantitative estimate of drug-likeness (QED) is 0.739. The number of hydrogen-bond acceptors (Lipinski definition) is 3. The summed E-state index contributed by atoms with van der Waals surface area (Å²) in [6, 6.07) is 5.90. The van der Waals surface area contributed by atoms with E-state index in [9.17, 15) is 0 Å². The summed E-state index contributed by atoms with van der Waals surface area (Å²) >= 11 is 0. The van der Waals surface area contributed by atoms with Gasteiger partial charge >= 0.3 is 0 Å².